The van der Waals surface area contributed by atoms with Crippen molar-refractivity contribution in [3.05, 3.63) is 94.5 Å². The molecule has 1 aliphatic heterocycles. The molecule has 0 unspecified atom stereocenters. The normalized spacial score (nSPS) is 13.5. The fraction of sp³-hybridized carbons (Fsp3) is 0.161. The number of hydrogen-bond donors (Lipinski definition) is 4. The predicted octanol–water partition coefficient (Wildman–Crippen LogP) is 5.49. The maximum atomic E-state index is 13.3. The molecule has 4 aromatic carbocycles. The highest BCUT2D eigenvalue weighted by Crippen LogP contribution is 2.41. The molecule has 0 saturated heterocycles. The summed E-state index contributed by atoms with van der Waals surface area (Å²) in [4.78, 5) is 30.7. The minimum absolute atomic E-state index is 0.110. The van der Waals surface area contributed by atoms with E-state index in [4.69, 9.17) is 5.73 Å². The van der Waals surface area contributed by atoms with E-state index < -0.39 is 11.5 Å². The van der Waals surface area contributed by atoms with Gasteiger partial charge in [0.1, 0.15) is 5.75 Å². The van der Waals surface area contributed by atoms with Gasteiger partial charge in [0.05, 0.1) is 23.2 Å². The number of aromatic nitrogens is 1. The Hall–Kier alpha value is -4.62. The van der Waals surface area contributed by atoms with Crippen LogP contribution in [0.1, 0.15) is 51.3 Å². The third-order valence-electron chi connectivity index (χ3n) is 7.50. The number of nitrogens with zero attached hydrogens (tertiary/aromatic N) is 1. The number of rotatable bonds is 4. The van der Waals surface area contributed by atoms with E-state index in [2.05, 4.69) is 4.98 Å². The Labute approximate surface area is 219 Å². The first kappa shape index (κ1) is 23.8. The highest BCUT2D eigenvalue weighted by atomic mass is 16.3. The van der Waals surface area contributed by atoms with Crippen LogP contribution in [0.4, 0.5) is 5.69 Å². The monoisotopic (exact) mass is 505 g/mol. The number of benzene rings is 4. The maximum absolute atomic E-state index is 13.3. The number of nitrogens with two attached hydrogens (primary N) is 1. The summed E-state index contributed by atoms with van der Waals surface area (Å²) in [6.07, 6.45) is 0. The van der Waals surface area contributed by atoms with E-state index in [0.717, 1.165) is 49.8 Å². The zero-order chi connectivity index (χ0) is 26.9. The van der Waals surface area contributed by atoms with Gasteiger partial charge in [0.2, 0.25) is 0 Å². The second kappa shape index (κ2) is 8.19. The van der Waals surface area contributed by atoms with Crippen molar-refractivity contribution in [1.82, 2.24) is 4.98 Å². The van der Waals surface area contributed by atoms with Gasteiger partial charge in [-0.2, -0.15) is 0 Å². The van der Waals surface area contributed by atoms with Gasteiger partial charge in [-0.1, -0.05) is 30.3 Å². The molecule has 1 aromatic heterocycles. The number of primary amides is 1. The number of aromatic amines is 1. The van der Waals surface area contributed by atoms with Gasteiger partial charge in [0, 0.05) is 27.5 Å². The van der Waals surface area contributed by atoms with Crippen molar-refractivity contribution in [1.29, 1.82) is 0 Å². The summed E-state index contributed by atoms with van der Waals surface area (Å²) in [6.45, 7) is 5.81. The Morgan fingerprint density at radius 3 is 2.50 bits per heavy atom. The molecule has 38 heavy (non-hydrogen) atoms. The molecule has 0 fully saturated rings. The van der Waals surface area contributed by atoms with E-state index in [1.165, 1.54) is 6.07 Å². The third-order valence-corrected chi connectivity index (χ3v) is 7.50. The number of phenols is 1. The molecule has 0 aliphatic carbocycles. The van der Waals surface area contributed by atoms with E-state index in [9.17, 15) is 19.8 Å². The highest BCUT2D eigenvalue weighted by Gasteiger charge is 2.30. The zero-order valence-corrected chi connectivity index (χ0v) is 21.3. The lowest BCUT2D eigenvalue weighted by molar-refractivity contribution is 0.0787. The number of aliphatic hydroxyl groups is 1. The van der Waals surface area contributed by atoms with Crippen molar-refractivity contribution < 1.29 is 19.8 Å². The highest BCUT2D eigenvalue weighted by molar-refractivity contribution is 6.20. The minimum atomic E-state index is -1.03. The van der Waals surface area contributed by atoms with Crippen LogP contribution in [0.5, 0.6) is 5.75 Å². The van der Waals surface area contributed by atoms with Crippen molar-refractivity contribution in [2.45, 2.75) is 32.9 Å². The number of nitrogens with one attached hydrogen (secondary N) is 1. The number of phenolic OH excluding ortho intramolecular Hbond substituents is 1. The van der Waals surface area contributed by atoms with Crippen molar-refractivity contribution in [2.75, 3.05) is 4.90 Å². The first-order valence-electron chi connectivity index (χ1n) is 12.4. The molecule has 5 N–H and O–H groups in total. The van der Waals surface area contributed by atoms with Gasteiger partial charge in [-0.05, 0) is 85.0 Å². The Bertz CT molecular complexity index is 1810. The van der Waals surface area contributed by atoms with E-state index in [1.54, 1.807) is 36.9 Å². The van der Waals surface area contributed by atoms with Crippen molar-refractivity contribution >= 4 is 39.3 Å². The molecule has 0 radical (unpaired) electrons. The Kier molecular flexibility index (Phi) is 5.12. The average Bonchev–Trinajstić information content (AvgIpc) is 3.40. The molecule has 2 amide bonds. The first-order valence-corrected chi connectivity index (χ1v) is 12.4. The van der Waals surface area contributed by atoms with E-state index in [1.807, 2.05) is 49.4 Å². The van der Waals surface area contributed by atoms with Crippen molar-refractivity contribution in [3.63, 3.8) is 0 Å². The lowest BCUT2D eigenvalue weighted by Crippen LogP contribution is -2.24. The van der Waals surface area contributed by atoms with E-state index in [0.29, 0.717) is 23.2 Å². The van der Waals surface area contributed by atoms with Gasteiger partial charge in [-0.25, -0.2) is 0 Å². The summed E-state index contributed by atoms with van der Waals surface area (Å²) in [5, 5.41) is 22.2. The minimum Gasteiger partial charge on any atom is -0.508 e. The number of anilines is 1. The molecule has 2 heterocycles. The van der Waals surface area contributed by atoms with Gasteiger partial charge in [-0.3, -0.25) is 9.59 Å². The van der Waals surface area contributed by atoms with Crippen LogP contribution in [0.2, 0.25) is 0 Å². The molecule has 7 nitrogen and oxygen atoms in total. The van der Waals surface area contributed by atoms with Crippen LogP contribution in [-0.4, -0.2) is 27.0 Å². The Morgan fingerprint density at radius 2 is 1.76 bits per heavy atom. The second-order valence-electron chi connectivity index (χ2n) is 10.4. The second-order valence-corrected chi connectivity index (χ2v) is 10.4. The fourth-order valence-electron chi connectivity index (χ4n) is 5.53. The van der Waals surface area contributed by atoms with Crippen LogP contribution in [0.15, 0.2) is 66.7 Å². The van der Waals surface area contributed by atoms with Crippen LogP contribution < -0.4 is 10.6 Å². The van der Waals surface area contributed by atoms with Crippen LogP contribution in [0, 0.1) is 6.92 Å². The summed E-state index contributed by atoms with van der Waals surface area (Å²) < 4.78 is 0. The van der Waals surface area contributed by atoms with Gasteiger partial charge in [0.25, 0.3) is 11.8 Å². The fourth-order valence-corrected chi connectivity index (χ4v) is 5.53. The van der Waals surface area contributed by atoms with Crippen molar-refractivity contribution in [3.8, 4) is 16.9 Å². The summed E-state index contributed by atoms with van der Waals surface area (Å²) in [7, 11) is 0. The predicted molar refractivity (Wildman–Crippen MR) is 148 cm³/mol. The average molecular weight is 506 g/mol. The number of carbonyl (C=O) groups excluding carboxylic acids is 2. The molecule has 0 atom stereocenters. The topological polar surface area (TPSA) is 120 Å². The summed E-state index contributed by atoms with van der Waals surface area (Å²) in [6, 6.07) is 20.0. The van der Waals surface area contributed by atoms with Crippen LogP contribution >= 0.6 is 0 Å². The van der Waals surface area contributed by atoms with Gasteiger partial charge >= 0.3 is 0 Å². The van der Waals surface area contributed by atoms with Gasteiger partial charge in [0.15, 0.2) is 0 Å². The lowest BCUT2D eigenvalue weighted by Gasteiger charge is -2.21. The number of fused-ring (bicyclic) bond motifs is 4. The molecule has 0 spiro atoms. The van der Waals surface area contributed by atoms with Crippen LogP contribution in [-0.2, 0) is 12.1 Å². The number of amides is 2. The number of H-pyrrole nitrogens is 1. The lowest BCUT2D eigenvalue weighted by atomic mass is 9.92. The largest absolute Gasteiger partial charge is 0.508 e. The van der Waals surface area contributed by atoms with E-state index >= 15 is 0 Å². The maximum Gasteiger partial charge on any atom is 0.258 e. The molecule has 7 heteroatoms. The molecule has 5 aromatic rings. The molecule has 6 rings (SSSR count). The smallest absolute Gasteiger partial charge is 0.258 e. The summed E-state index contributed by atoms with van der Waals surface area (Å²) in [5.74, 6) is -0.515. The number of aromatic hydroxyl groups is 1. The zero-order valence-electron chi connectivity index (χ0n) is 21.3. The summed E-state index contributed by atoms with van der Waals surface area (Å²) >= 11 is 0. The molecule has 1 aliphatic rings. The molecular formula is C31H27N3O4. The first-order chi connectivity index (χ1) is 18.0. The quantitative estimate of drug-likeness (QED) is 0.258. The number of hydrogen-bond acceptors (Lipinski definition) is 4. The van der Waals surface area contributed by atoms with Crippen LogP contribution in [0.3, 0.4) is 0 Å². The van der Waals surface area contributed by atoms with E-state index in [-0.39, 0.29) is 11.7 Å². The Balaban J connectivity index is 1.56. The van der Waals surface area contributed by atoms with Crippen molar-refractivity contribution in [2.24, 2.45) is 5.73 Å². The van der Waals surface area contributed by atoms with Crippen LogP contribution in [0.25, 0.3) is 32.9 Å². The Morgan fingerprint density at radius 1 is 1.00 bits per heavy atom. The number of carbonyl (C=O) groups is 2. The molecule has 0 bridgehead atoms. The molecular weight excluding hydrogens is 478 g/mol. The molecule has 0 saturated carbocycles. The standard InChI is InChI=1S/C31H27N3O4/c1-16-20(5-4-6-26(16)34-15-17-13-19(35)8-10-21(17)30(34)37)22-11-12-24(29(32)36)28-27(22)23-9-7-18(31(2,3)38)14-25(23)33-28/h4-14,33,35,38H,15H2,1-3H3,(H2,32,36). The SMILES string of the molecule is Cc1c(-c2ccc(C(N)=O)c3[nH]c4cc(C(C)(C)O)ccc4c23)cccc1N1Cc2cc(O)ccc2C1=O. The third kappa shape index (κ3) is 3.55. The van der Waals surface area contributed by atoms with Gasteiger partial charge in [-0.15, -0.1) is 0 Å². The molecule has 190 valence electrons. The summed E-state index contributed by atoms with van der Waals surface area (Å²) in [5.41, 5.74) is 12.1. The van der Waals surface area contributed by atoms with Gasteiger partial charge < -0.3 is 25.8 Å².